The van der Waals surface area contributed by atoms with Gasteiger partial charge in [-0.15, -0.1) is 0 Å². The maximum Gasteiger partial charge on any atom is 0.161 e. The molecule has 0 saturated carbocycles. The third-order valence-corrected chi connectivity index (χ3v) is 3.50. The summed E-state index contributed by atoms with van der Waals surface area (Å²) in [4.78, 5) is 0. The highest BCUT2D eigenvalue weighted by Gasteiger charge is 2.09. The van der Waals surface area contributed by atoms with Gasteiger partial charge in [-0.25, -0.2) is 13.2 Å². The van der Waals surface area contributed by atoms with Crippen molar-refractivity contribution in [1.29, 1.82) is 0 Å². The van der Waals surface area contributed by atoms with E-state index in [0.717, 1.165) is 17.5 Å². The fraction of sp³-hybridized carbons (Fsp3) is 0.263. The summed E-state index contributed by atoms with van der Waals surface area (Å²) in [6.07, 6.45) is 2.11. The topological polar surface area (TPSA) is 0 Å². The summed E-state index contributed by atoms with van der Waals surface area (Å²) < 4.78 is 40.4. The Balaban J connectivity index is 2.08. The molecule has 0 aliphatic rings. The lowest BCUT2D eigenvalue weighted by atomic mass is 10.0. The smallest absolute Gasteiger partial charge is 0.161 e. The number of allylic oxidation sites excluding steroid dienone is 1. The van der Waals surface area contributed by atoms with E-state index in [1.807, 2.05) is 13.0 Å². The Hall–Kier alpha value is -2.03. The lowest BCUT2D eigenvalue weighted by Crippen LogP contribution is -1.93. The largest absolute Gasteiger partial charge is 0.209 e. The van der Waals surface area contributed by atoms with Gasteiger partial charge in [0.1, 0.15) is 11.6 Å². The minimum Gasteiger partial charge on any atom is -0.209 e. The van der Waals surface area contributed by atoms with Crippen molar-refractivity contribution in [2.75, 3.05) is 0 Å². The van der Waals surface area contributed by atoms with Gasteiger partial charge in [-0.1, -0.05) is 37.3 Å². The predicted molar refractivity (Wildman–Crippen MR) is 84.3 cm³/mol. The van der Waals surface area contributed by atoms with Crippen LogP contribution < -0.4 is 0 Å². The molecule has 22 heavy (non-hydrogen) atoms. The predicted octanol–water partition coefficient (Wildman–Crippen LogP) is 6.02. The van der Waals surface area contributed by atoms with Gasteiger partial charge in [0.2, 0.25) is 0 Å². The van der Waals surface area contributed by atoms with Crippen molar-refractivity contribution >= 4 is 5.83 Å². The molecule has 0 aromatic heterocycles. The van der Waals surface area contributed by atoms with Crippen molar-refractivity contribution in [3.8, 4) is 0 Å². The number of rotatable bonds is 6. The molecular weight excluding hydrogens is 285 g/mol. The van der Waals surface area contributed by atoms with Gasteiger partial charge in [-0.05, 0) is 48.6 Å². The van der Waals surface area contributed by atoms with Crippen molar-refractivity contribution in [2.24, 2.45) is 0 Å². The molecule has 0 heterocycles. The average molecular weight is 304 g/mol. The van der Waals surface area contributed by atoms with Gasteiger partial charge in [0, 0.05) is 12.0 Å². The molecular formula is C19H19F3. The molecule has 2 aromatic rings. The second kappa shape index (κ2) is 7.83. The van der Waals surface area contributed by atoms with E-state index >= 15 is 0 Å². The Morgan fingerprint density at radius 1 is 0.909 bits per heavy atom. The normalized spacial score (nSPS) is 12.2. The van der Waals surface area contributed by atoms with E-state index in [0.29, 0.717) is 12.8 Å². The maximum absolute atomic E-state index is 14.0. The van der Waals surface area contributed by atoms with Crippen LogP contribution in [0.5, 0.6) is 0 Å². The highest BCUT2D eigenvalue weighted by molar-refractivity contribution is 5.61. The summed E-state index contributed by atoms with van der Waals surface area (Å²) in [5.41, 5.74) is 2.23. The standard InChI is InChI=1S/C19H19F3/c1-2-4-18(21)19(22)16-6-3-5-15(13-16)8-7-14-9-11-17(20)12-10-14/h3,5-6,9-13H,2,4,7-8H2,1H3/b19-18+. The van der Waals surface area contributed by atoms with Crippen molar-refractivity contribution in [3.05, 3.63) is 76.9 Å². The van der Waals surface area contributed by atoms with Crippen LogP contribution in [0.25, 0.3) is 5.83 Å². The first kappa shape index (κ1) is 16.3. The number of hydrogen-bond donors (Lipinski definition) is 0. The van der Waals surface area contributed by atoms with Crippen LogP contribution in [0.4, 0.5) is 13.2 Å². The molecule has 0 amide bonds. The SMILES string of the molecule is CCC/C(F)=C(\F)c1cccc(CCc2ccc(F)cc2)c1. The number of benzene rings is 2. The third kappa shape index (κ3) is 4.48. The molecule has 2 rings (SSSR count). The molecule has 0 aliphatic heterocycles. The van der Waals surface area contributed by atoms with Crippen LogP contribution in [-0.4, -0.2) is 0 Å². The second-order valence-electron chi connectivity index (χ2n) is 5.30. The number of halogens is 3. The van der Waals surface area contributed by atoms with Crippen LogP contribution in [0.3, 0.4) is 0 Å². The van der Waals surface area contributed by atoms with Crippen molar-refractivity contribution in [1.82, 2.24) is 0 Å². The fourth-order valence-electron chi connectivity index (χ4n) is 2.29. The molecule has 0 bridgehead atoms. The fourth-order valence-corrected chi connectivity index (χ4v) is 2.29. The van der Waals surface area contributed by atoms with Gasteiger partial charge < -0.3 is 0 Å². The summed E-state index contributed by atoms with van der Waals surface area (Å²) in [7, 11) is 0. The molecule has 3 heteroatoms. The van der Waals surface area contributed by atoms with Gasteiger partial charge >= 0.3 is 0 Å². The van der Waals surface area contributed by atoms with Crippen LogP contribution in [-0.2, 0) is 12.8 Å². The van der Waals surface area contributed by atoms with Crippen molar-refractivity contribution in [3.63, 3.8) is 0 Å². The van der Waals surface area contributed by atoms with Crippen LogP contribution in [0.2, 0.25) is 0 Å². The second-order valence-corrected chi connectivity index (χ2v) is 5.30. The monoisotopic (exact) mass is 304 g/mol. The van der Waals surface area contributed by atoms with Crippen molar-refractivity contribution in [2.45, 2.75) is 32.6 Å². The van der Waals surface area contributed by atoms with Crippen molar-refractivity contribution < 1.29 is 13.2 Å². The van der Waals surface area contributed by atoms with Crippen LogP contribution in [0, 0.1) is 5.82 Å². The lowest BCUT2D eigenvalue weighted by Gasteiger charge is -2.06. The number of aryl methyl sites for hydroxylation is 2. The highest BCUT2D eigenvalue weighted by Crippen LogP contribution is 2.25. The van der Waals surface area contributed by atoms with E-state index in [2.05, 4.69) is 0 Å². The van der Waals surface area contributed by atoms with Gasteiger partial charge in [-0.2, -0.15) is 0 Å². The zero-order valence-electron chi connectivity index (χ0n) is 12.6. The Kier molecular flexibility index (Phi) is 5.82. The summed E-state index contributed by atoms with van der Waals surface area (Å²) in [6.45, 7) is 1.81. The Morgan fingerprint density at radius 2 is 1.59 bits per heavy atom. The molecule has 0 saturated heterocycles. The first-order chi connectivity index (χ1) is 10.6. The Labute approximate surface area is 129 Å². The maximum atomic E-state index is 14.0. The highest BCUT2D eigenvalue weighted by atomic mass is 19.2. The molecule has 0 spiro atoms. The summed E-state index contributed by atoms with van der Waals surface area (Å²) in [6, 6.07) is 13.2. The Bertz CT molecular complexity index is 642. The first-order valence-corrected chi connectivity index (χ1v) is 7.48. The summed E-state index contributed by atoms with van der Waals surface area (Å²) in [5.74, 6) is -1.73. The summed E-state index contributed by atoms with van der Waals surface area (Å²) in [5, 5.41) is 0. The van der Waals surface area contributed by atoms with Crippen LogP contribution in [0.1, 0.15) is 36.5 Å². The van der Waals surface area contributed by atoms with Gasteiger partial charge in [-0.3, -0.25) is 0 Å². The van der Waals surface area contributed by atoms with Gasteiger partial charge in [0.25, 0.3) is 0 Å². The average Bonchev–Trinajstić information content (AvgIpc) is 2.54. The van der Waals surface area contributed by atoms with Gasteiger partial charge in [0.05, 0.1) is 0 Å². The number of hydrogen-bond acceptors (Lipinski definition) is 0. The molecule has 0 unspecified atom stereocenters. The zero-order valence-corrected chi connectivity index (χ0v) is 12.6. The van der Waals surface area contributed by atoms with E-state index in [-0.39, 0.29) is 17.8 Å². The lowest BCUT2D eigenvalue weighted by molar-refractivity contribution is 0.559. The molecule has 0 radical (unpaired) electrons. The summed E-state index contributed by atoms with van der Waals surface area (Å²) >= 11 is 0. The molecule has 116 valence electrons. The first-order valence-electron chi connectivity index (χ1n) is 7.48. The minimum atomic E-state index is -0.773. The molecule has 2 aromatic carbocycles. The molecule has 0 atom stereocenters. The molecule has 0 fully saturated rings. The van der Waals surface area contributed by atoms with Gasteiger partial charge in [0.15, 0.2) is 5.83 Å². The van der Waals surface area contributed by atoms with E-state index in [9.17, 15) is 13.2 Å². The van der Waals surface area contributed by atoms with E-state index in [1.54, 1.807) is 30.3 Å². The van der Waals surface area contributed by atoms with E-state index in [4.69, 9.17) is 0 Å². The molecule has 0 nitrogen and oxygen atoms in total. The van der Waals surface area contributed by atoms with Crippen LogP contribution >= 0.6 is 0 Å². The molecule has 0 N–H and O–H groups in total. The quantitative estimate of drug-likeness (QED) is 0.612. The minimum absolute atomic E-state index is 0.117. The molecule has 0 aliphatic carbocycles. The third-order valence-electron chi connectivity index (χ3n) is 3.50. The van der Waals surface area contributed by atoms with Crippen LogP contribution in [0.15, 0.2) is 54.4 Å². The Morgan fingerprint density at radius 3 is 2.27 bits per heavy atom. The van der Waals surface area contributed by atoms with E-state index < -0.39 is 11.7 Å². The van der Waals surface area contributed by atoms with E-state index in [1.165, 1.54) is 12.1 Å². The zero-order chi connectivity index (χ0) is 15.9.